The Labute approximate surface area is 81.9 Å². The Balaban J connectivity index is 2.58. The Morgan fingerprint density at radius 1 is 1.54 bits per heavy atom. The Morgan fingerprint density at radius 3 is 3.00 bits per heavy atom. The highest BCUT2D eigenvalue weighted by molar-refractivity contribution is 6.31. The summed E-state index contributed by atoms with van der Waals surface area (Å²) >= 11 is 5.90. The van der Waals surface area contributed by atoms with Crippen molar-refractivity contribution in [2.24, 2.45) is 5.73 Å². The zero-order valence-corrected chi connectivity index (χ0v) is 7.80. The predicted octanol–water partition coefficient (Wildman–Crippen LogP) is 2.16. The van der Waals surface area contributed by atoms with E-state index in [4.69, 9.17) is 22.6 Å². The zero-order valence-electron chi connectivity index (χ0n) is 7.05. The minimum Gasteiger partial charge on any atom is -0.324 e. The van der Waals surface area contributed by atoms with Gasteiger partial charge >= 0.3 is 0 Å². The SMILES string of the molecule is N#Cc1cc2c(cc1Cl)[C@@H](N)CC2. The maximum atomic E-state index is 8.75. The van der Waals surface area contributed by atoms with E-state index in [1.807, 2.05) is 12.1 Å². The molecule has 0 heterocycles. The third-order valence-electron chi connectivity index (χ3n) is 2.47. The first kappa shape index (κ1) is 8.55. The van der Waals surface area contributed by atoms with E-state index < -0.39 is 0 Å². The van der Waals surface area contributed by atoms with Crippen molar-refractivity contribution >= 4 is 11.6 Å². The minimum absolute atomic E-state index is 0.0974. The van der Waals surface area contributed by atoms with Crippen molar-refractivity contribution in [3.8, 4) is 6.07 Å². The molecule has 0 amide bonds. The van der Waals surface area contributed by atoms with Gasteiger partial charge in [0.25, 0.3) is 0 Å². The second-order valence-corrected chi connectivity index (χ2v) is 3.70. The molecule has 3 heteroatoms. The van der Waals surface area contributed by atoms with E-state index in [0.717, 1.165) is 18.4 Å². The number of halogens is 1. The van der Waals surface area contributed by atoms with Crippen LogP contribution in [0.1, 0.15) is 29.2 Å². The van der Waals surface area contributed by atoms with Gasteiger partial charge in [0.05, 0.1) is 10.6 Å². The number of aryl methyl sites for hydroxylation is 1. The number of rotatable bonds is 0. The fourth-order valence-electron chi connectivity index (χ4n) is 1.75. The van der Waals surface area contributed by atoms with Gasteiger partial charge in [0, 0.05) is 6.04 Å². The Kier molecular flexibility index (Phi) is 1.99. The van der Waals surface area contributed by atoms with E-state index in [-0.39, 0.29) is 6.04 Å². The summed E-state index contributed by atoms with van der Waals surface area (Å²) in [4.78, 5) is 0. The summed E-state index contributed by atoms with van der Waals surface area (Å²) in [5.74, 6) is 0. The van der Waals surface area contributed by atoms with E-state index in [1.165, 1.54) is 5.56 Å². The number of hydrogen-bond acceptors (Lipinski definition) is 2. The van der Waals surface area contributed by atoms with Crippen molar-refractivity contribution in [3.05, 3.63) is 33.8 Å². The molecule has 66 valence electrons. The van der Waals surface area contributed by atoms with Crippen LogP contribution in [0.25, 0.3) is 0 Å². The summed E-state index contributed by atoms with van der Waals surface area (Å²) in [5.41, 5.74) is 8.69. The number of nitrogens with two attached hydrogens (primary N) is 1. The second kappa shape index (κ2) is 3.02. The van der Waals surface area contributed by atoms with Crippen molar-refractivity contribution < 1.29 is 0 Å². The number of hydrogen-bond donors (Lipinski definition) is 1. The van der Waals surface area contributed by atoms with Gasteiger partial charge in [-0.2, -0.15) is 5.26 Å². The molecule has 0 fully saturated rings. The lowest BCUT2D eigenvalue weighted by molar-refractivity contribution is 0.713. The third kappa shape index (κ3) is 1.31. The Bertz CT molecular complexity index is 393. The molecular formula is C10H9ClN2. The molecule has 1 aromatic rings. The van der Waals surface area contributed by atoms with Gasteiger partial charge in [-0.15, -0.1) is 0 Å². The molecular weight excluding hydrogens is 184 g/mol. The van der Waals surface area contributed by atoms with Gasteiger partial charge in [-0.3, -0.25) is 0 Å². The van der Waals surface area contributed by atoms with Crippen LogP contribution in [0.5, 0.6) is 0 Å². The predicted molar refractivity (Wildman–Crippen MR) is 51.4 cm³/mol. The average Bonchev–Trinajstić information content (AvgIpc) is 2.47. The van der Waals surface area contributed by atoms with E-state index in [1.54, 1.807) is 0 Å². The zero-order chi connectivity index (χ0) is 9.42. The molecule has 0 aromatic heterocycles. The number of fused-ring (bicyclic) bond motifs is 1. The van der Waals surface area contributed by atoms with Crippen LogP contribution in [0, 0.1) is 11.3 Å². The van der Waals surface area contributed by atoms with Crippen LogP contribution in [0.3, 0.4) is 0 Å². The monoisotopic (exact) mass is 192 g/mol. The molecule has 1 aliphatic carbocycles. The van der Waals surface area contributed by atoms with Crippen LogP contribution in [-0.4, -0.2) is 0 Å². The molecule has 0 saturated heterocycles. The van der Waals surface area contributed by atoms with E-state index in [0.29, 0.717) is 10.6 Å². The average molecular weight is 193 g/mol. The first-order chi connectivity index (χ1) is 6.22. The Morgan fingerprint density at radius 2 is 2.31 bits per heavy atom. The van der Waals surface area contributed by atoms with Gasteiger partial charge < -0.3 is 5.73 Å². The summed E-state index contributed by atoms with van der Waals surface area (Å²) in [7, 11) is 0. The summed E-state index contributed by atoms with van der Waals surface area (Å²) in [6.45, 7) is 0. The number of benzene rings is 1. The lowest BCUT2D eigenvalue weighted by Gasteiger charge is -2.05. The van der Waals surface area contributed by atoms with Gasteiger partial charge in [-0.1, -0.05) is 11.6 Å². The highest BCUT2D eigenvalue weighted by Crippen LogP contribution is 2.32. The molecule has 13 heavy (non-hydrogen) atoms. The number of nitriles is 1. The maximum Gasteiger partial charge on any atom is 0.101 e. The molecule has 1 aliphatic rings. The van der Waals surface area contributed by atoms with Crippen molar-refractivity contribution in [2.75, 3.05) is 0 Å². The highest BCUT2D eigenvalue weighted by atomic mass is 35.5. The molecule has 1 atom stereocenters. The van der Waals surface area contributed by atoms with Crippen LogP contribution >= 0.6 is 11.6 Å². The molecule has 0 bridgehead atoms. The molecule has 0 aliphatic heterocycles. The largest absolute Gasteiger partial charge is 0.324 e. The van der Waals surface area contributed by atoms with Gasteiger partial charge in [0.1, 0.15) is 6.07 Å². The van der Waals surface area contributed by atoms with Crippen LogP contribution in [-0.2, 0) is 6.42 Å². The van der Waals surface area contributed by atoms with Crippen molar-refractivity contribution in [2.45, 2.75) is 18.9 Å². The summed E-state index contributed by atoms with van der Waals surface area (Å²) in [5, 5.41) is 9.26. The quantitative estimate of drug-likeness (QED) is 0.685. The van der Waals surface area contributed by atoms with Crippen molar-refractivity contribution in [3.63, 3.8) is 0 Å². The number of nitrogens with zero attached hydrogens (tertiary/aromatic N) is 1. The maximum absolute atomic E-state index is 8.75. The van der Waals surface area contributed by atoms with Gasteiger partial charge in [0.2, 0.25) is 0 Å². The first-order valence-corrected chi connectivity index (χ1v) is 4.58. The smallest absolute Gasteiger partial charge is 0.101 e. The summed E-state index contributed by atoms with van der Waals surface area (Å²) < 4.78 is 0. The summed E-state index contributed by atoms with van der Waals surface area (Å²) in [6, 6.07) is 5.84. The lowest BCUT2D eigenvalue weighted by Crippen LogP contribution is -2.05. The molecule has 0 radical (unpaired) electrons. The van der Waals surface area contributed by atoms with Gasteiger partial charge in [0.15, 0.2) is 0 Å². The van der Waals surface area contributed by atoms with Crippen molar-refractivity contribution in [1.29, 1.82) is 5.26 Å². The highest BCUT2D eigenvalue weighted by Gasteiger charge is 2.20. The first-order valence-electron chi connectivity index (χ1n) is 4.20. The van der Waals surface area contributed by atoms with Crippen molar-refractivity contribution in [1.82, 2.24) is 0 Å². The molecule has 0 unspecified atom stereocenters. The summed E-state index contributed by atoms with van der Waals surface area (Å²) in [6.07, 6.45) is 1.92. The fourth-order valence-corrected chi connectivity index (χ4v) is 1.96. The second-order valence-electron chi connectivity index (χ2n) is 3.29. The standard InChI is InChI=1S/C10H9ClN2/c11-9-4-8-6(1-2-10(8)13)3-7(9)5-12/h3-4,10H,1-2,13H2/t10-/m0/s1. The van der Waals surface area contributed by atoms with Gasteiger partial charge in [-0.05, 0) is 36.1 Å². The molecule has 2 nitrogen and oxygen atoms in total. The van der Waals surface area contributed by atoms with E-state index in [9.17, 15) is 0 Å². The molecule has 2 rings (SSSR count). The van der Waals surface area contributed by atoms with Gasteiger partial charge in [-0.25, -0.2) is 0 Å². The third-order valence-corrected chi connectivity index (χ3v) is 2.79. The van der Waals surface area contributed by atoms with Crippen LogP contribution < -0.4 is 5.73 Å². The normalized spacial score (nSPS) is 19.6. The van der Waals surface area contributed by atoms with Crippen LogP contribution in [0.4, 0.5) is 0 Å². The van der Waals surface area contributed by atoms with E-state index >= 15 is 0 Å². The Hall–Kier alpha value is -1.04. The van der Waals surface area contributed by atoms with Crippen LogP contribution in [0.2, 0.25) is 5.02 Å². The topological polar surface area (TPSA) is 49.8 Å². The fraction of sp³-hybridized carbons (Fsp3) is 0.300. The minimum atomic E-state index is 0.0974. The molecule has 1 aromatic carbocycles. The molecule has 0 saturated carbocycles. The van der Waals surface area contributed by atoms with E-state index in [2.05, 4.69) is 6.07 Å². The lowest BCUT2D eigenvalue weighted by atomic mass is 10.1. The molecule has 2 N–H and O–H groups in total. The van der Waals surface area contributed by atoms with Crippen LogP contribution in [0.15, 0.2) is 12.1 Å². The molecule has 0 spiro atoms.